The summed E-state index contributed by atoms with van der Waals surface area (Å²) >= 11 is 1.71. The number of anilines is 1. The quantitative estimate of drug-likeness (QED) is 0.831. The number of ether oxygens (including phenoxy) is 1. The van der Waals surface area contributed by atoms with E-state index >= 15 is 0 Å². The summed E-state index contributed by atoms with van der Waals surface area (Å²) in [6.45, 7) is 2.02. The number of carbonyl (C=O) groups excluding carboxylic acids is 1. The first kappa shape index (κ1) is 14.7. The average Bonchev–Trinajstić information content (AvgIpc) is 2.37. The van der Waals surface area contributed by atoms with Crippen LogP contribution in [-0.2, 0) is 0 Å². The van der Waals surface area contributed by atoms with Gasteiger partial charge in [-0.1, -0.05) is 6.07 Å². The summed E-state index contributed by atoms with van der Waals surface area (Å²) in [5.41, 5.74) is 6.79. The van der Waals surface area contributed by atoms with Crippen LogP contribution in [0, 0.1) is 0 Å². The molecule has 1 amide bonds. The van der Waals surface area contributed by atoms with Gasteiger partial charge in [-0.25, -0.2) is 0 Å². The molecule has 1 aromatic rings. The molecule has 1 atom stereocenters. The smallest absolute Gasteiger partial charge is 0.257 e. The predicted molar refractivity (Wildman–Crippen MR) is 77.3 cm³/mol. The molecule has 0 fully saturated rings. The molecule has 0 heterocycles. The van der Waals surface area contributed by atoms with E-state index in [-0.39, 0.29) is 11.9 Å². The molecule has 0 aliphatic carbocycles. The Balaban J connectivity index is 3.00. The lowest BCUT2D eigenvalue weighted by atomic mass is 10.1. The van der Waals surface area contributed by atoms with Crippen molar-refractivity contribution in [2.75, 3.05) is 31.9 Å². The number of hydrogen-bond acceptors (Lipinski definition) is 4. The summed E-state index contributed by atoms with van der Waals surface area (Å²) in [6, 6.07) is 5.39. The summed E-state index contributed by atoms with van der Waals surface area (Å²) in [5.74, 6) is 1.28. The van der Waals surface area contributed by atoms with Crippen LogP contribution in [0.3, 0.4) is 0 Å². The Hall–Kier alpha value is -1.36. The summed E-state index contributed by atoms with van der Waals surface area (Å²) < 4.78 is 5.21. The Labute approximate surface area is 112 Å². The molecule has 4 nitrogen and oxygen atoms in total. The fraction of sp³-hybridized carbons (Fsp3) is 0.462. The molecule has 0 saturated carbocycles. The van der Waals surface area contributed by atoms with Crippen LogP contribution in [0.15, 0.2) is 18.2 Å². The van der Waals surface area contributed by atoms with Gasteiger partial charge in [0.2, 0.25) is 0 Å². The molecule has 5 heteroatoms. The number of nitrogen functional groups attached to an aromatic ring is 1. The van der Waals surface area contributed by atoms with Crippen LogP contribution in [0.4, 0.5) is 5.69 Å². The molecule has 0 aliphatic heterocycles. The molecule has 0 saturated heterocycles. The number of nitrogens with zero attached hydrogens (tertiary/aromatic N) is 1. The highest BCUT2D eigenvalue weighted by Gasteiger charge is 2.21. The number of benzene rings is 1. The normalized spacial score (nSPS) is 12.0. The predicted octanol–water partition coefficient (Wildman–Crippen LogP) is 2.10. The van der Waals surface area contributed by atoms with Crippen molar-refractivity contribution in [1.82, 2.24) is 4.90 Å². The zero-order valence-electron chi connectivity index (χ0n) is 11.3. The van der Waals surface area contributed by atoms with E-state index in [1.807, 2.05) is 13.2 Å². The molecule has 0 spiro atoms. The number of methoxy groups -OCH3 is 1. The molecule has 0 bridgehead atoms. The van der Waals surface area contributed by atoms with E-state index in [9.17, 15) is 4.79 Å². The van der Waals surface area contributed by atoms with Crippen LogP contribution in [-0.4, -0.2) is 43.0 Å². The van der Waals surface area contributed by atoms with Crippen molar-refractivity contribution in [3.63, 3.8) is 0 Å². The highest BCUT2D eigenvalue weighted by molar-refractivity contribution is 7.98. The summed E-state index contributed by atoms with van der Waals surface area (Å²) in [7, 11) is 3.32. The minimum atomic E-state index is -0.0688. The standard InChI is InChI=1S/C13H20N2O2S/c1-9(8-18-4)15(2)13(16)10-6-5-7-11(14)12(10)17-3/h5-7,9H,8,14H2,1-4H3. The monoisotopic (exact) mass is 268 g/mol. The zero-order chi connectivity index (χ0) is 13.7. The van der Waals surface area contributed by atoms with Crippen LogP contribution < -0.4 is 10.5 Å². The molecule has 0 radical (unpaired) electrons. The van der Waals surface area contributed by atoms with Crippen molar-refractivity contribution in [2.24, 2.45) is 0 Å². The van der Waals surface area contributed by atoms with Gasteiger partial charge in [-0.2, -0.15) is 11.8 Å². The Morgan fingerprint density at radius 2 is 2.22 bits per heavy atom. The van der Waals surface area contributed by atoms with Gasteiger partial charge in [0.25, 0.3) is 5.91 Å². The highest BCUT2D eigenvalue weighted by atomic mass is 32.2. The van der Waals surface area contributed by atoms with Crippen LogP contribution in [0.1, 0.15) is 17.3 Å². The highest BCUT2D eigenvalue weighted by Crippen LogP contribution is 2.27. The lowest BCUT2D eigenvalue weighted by Crippen LogP contribution is -2.36. The average molecular weight is 268 g/mol. The molecule has 1 unspecified atom stereocenters. The van der Waals surface area contributed by atoms with Crippen molar-refractivity contribution in [3.05, 3.63) is 23.8 Å². The number of rotatable bonds is 5. The van der Waals surface area contributed by atoms with Crippen LogP contribution in [0.5, 0.6) is 5.75 Å². The van der Waals surface area contributed by atoms with Gasteiger partial charge in [0, 0.05) is 18.8 Å². The molecule has 1 rings (SSSR count). The van der Waals surface area contributed by atoms with Crippen LogP contribution in [0.25, 0.3) is 0 Å². The van der Waals surface area contributed by atoms with Crippen LogP contribution >= 0.6 is 11.8 Å². The fourth-order valence-corrected chi connectivity index (χ4v) is 2.40. The molecule has 0 aliphatic rings. The van der Waals surface area contributed by atoms with Gasteiger partial charge in [-0.15, -0.1) is 0 Å². The molecule has 18 heavy (non-hydrogen) atoms. The number of hydrogen-bond donors (Lipinski definition) is 1. The summed E-state index contributed by atoms with van der Waals surface area (Å²) in [4.78, 5) is 14.1. The topological polar surface area (TPSA) is 55.6 Å². The maximum atomic E-state index is 12.4. The molecule has 1 aromatic carbocycles. The Morgan fingerprint density at radius 1 is 1.56 bits per heavy atom. The largest absolute Gasteiger partial charge is 0.494 e. The second-order valence-corrected chi connectivity index (χ2v) is 5.06. The van der Waals surface area contributed by atoms with Gasteiger partial charge in [0.1, 0.15) is 0 Å². The van der Waals surface area contributed by atoms with E-state index in [4.69, 9.17) is 10.5 Å². The summed E-state index contributed by atoms with van der Waals surface area (Å²) in [6.07, 6.45) is 2.02. The minimum absolute atomic E-state index is 0.0688. The van der Waals surface area contributed by atoms with Gasteiger partial charge in [0.15, 0.2) is 5.75 Å². The zero-order valence-corrected chi connectivity index (χ0v) is 12.1. The lowest BCUT2D eigenvalue weighted by molar-refractivity contribution is 0.0754. The van der Waals surface area contributed by atoms with E-state index in [2.05, 4.69) is 0 Å². The second-order valence-electron chi connectivity index (χ2n) is 4.15. The van der Waals surface area contributed by atoms with Crippen molar-refractivity contribution in [3.8, 4) is 5.75 Å². The number of nitrogens with two attached hydrogens (primary N) is 1. The number of thioether (sulfide) groups is 1. The third-order valence-electron chi connectivity index (χ3n) is 2.87. The van der Waals surface area contributed by atoms with Crippen molar-refractivity contribution in [2.45, 2.75) is 13.0 Å². The number of carbonyl (C=O) groups is 1. The third-order valence-corrected chi connectivity index (χ3v) is 3.69. The Kier molecular flexibility index (Phi) is 5.34. The van der Waals surface area contributed by atoms with Crippen LogP contribution in [0.2, 0.25) is 0 Å². The molecular weight excluding hydrogens is 248 g/mol. The van der Waals surface area contributed by atoms with Gasteiger partial charge in [-0.3, -0.25) is 4.79 Å². The first-order valence-electron chi connectivity index (χ1n) is 5.71. The van der Waals surface area contributed by atoms with E-state index in [1.54, 1.807) is 41.9 Å². The maximum absolute atomic E-state index is 12.4. The SMILES string of the molecule is COc1c(N)cccc1C(=O)N(C)C(C)CSC. The number of para-hydroxylation sites is 1. The first-order valence-corrected chi connectivity index (χ1v) is 7.10. The van der Waals surface area contributed by atoms with Gasteiger partial charge in [-0.05, 0) is 25.3 Å². The van der Waals surface area contributed by atoms with E-state index < -0.39 is 0 Å². The Morgan fingerprint density at radius 3 is 2.78 bits per heavy atom. The third kappa shape index (κ3) is 3.10. The maximum Gasteiger partial charge on any atom is 0.257 e. The van der Waals surface area contributed by atoms with Gasteiger partial charge in [0.05, 0.1) is 18.4 Å². The summed E-state index contributed by atoms with van der Waals surface area (Å²) in [5, 5.41) is 0. The molecule has 100 valence electrons. The van der Waals surface area contributed by atoms with E-state index in [0.717, 1.165) is 5.75 Å². The molecule has 0 aromatic heterocycles. The lowest BCUT2D eigenvalue weighted by Gasteiger charge is -2.25. The van der Waals surface area contributed by atoms with Gasteiger partial charge >= 0.3 is 0 Å². The van der Waals surface area contributed by atoms with E-state index in [1.165, 1.54) is 7.11 Å². The van der Waals surface area contributed by atoms with Gasteiger partial charge < -0.3 is 15.4 Å². The Bertz CT molecular complexity index is 423. The van der Waals surface area contributed by atoms with Crippen molar-refractivity contribution < 1.29 is 9.53 Å². The fourth-order valence-electron chi connectivity index (χ4n) is 1.69. The second kappa shape index (κ2) is 6.54. The van der Waals surface area contributed by atoms with E-state index in [0.29, 0.717) is 17.0 Å². The molecular formula is C13H20N2O2S. The first-order chi connectivity index (χ1) is 8.52. The number of amides is 1. The van der Waals surface area contributed by atoms with Crippen molar-refractivity contribution in [1.29, 1.82) is 0 Å². The minimum Gasteiger partial charge on any atom is -0.494 e. The molecule has 2 N–H and O–H groups in total. The van der Waals surface area contributed by atoms with Crippen molar-refractivity contribution >= 4 is 23.4 Å².